The zero-order valence-electron chi connectivity index (χ0n) is 15.7. The van der Waals surface area contributed by atoms with Crippen molar-refractivity contribution in [2.24, 2.45) is 10.2 Å². The number of rotatable bonds is 17. The third kappa shape index (κ3) is 14.2. The highest BCUT2D eigenvalue weighted by Crippen LogP contribution is 2.12. The Morgan fingerprint density at radius 1 is 0.667 bits per heavy atom. The van der Waals surface area contributed by atoms with Crippen molar-refractivity contribution in [1.82, 2.24) is 0 Å². The molecular formula is C17H36N7+. The normalized spacial score (nSPS) is 12.9. The van der Waals surface area contributed by atoms with Crippen molar-refractivity contribution in [3.8, 4) is 0 Å². The van der Waals surface area contributed by atoms with Crippen molar-refractivity contribution in [3.05, 3.63) is 20.9 Å². The maximum Gasteiger partial charge on any atom is 0.0841 e. The molecule has 7 heteroatoms. The Morgan fingerprint density at radius 3 is 1.50 bits per heavy atom. The number of hydrogen-bond donors (Lipinski definition) is 0. The Kier molecular flexibility index (Phi) is 15.5. The molecule has 0 aromatic carbocycles. The molecule has 0 saturated heterocycles. The highest BCUT2D eigenvalue weighted by Gasteiger charge is 2.19. The summed E-state index contributed by atoms with van der Waals surface area (Å²) in [6, 6.07) is 0. The SMILES string of the molecule is CCCCCCCCCCCC[N+](C)(CCN=[N+]=[N-])CCN=[N+]=[N-]. The van der Waals surface area contributed by atoms with Gasteiger partial charge in [0.2, 0.25) is 0 Å². The number of likely N-dealkylation sites (N-methyl/N-ethyl adjacent to an activating group) is 1. The van der Waals surface area contributed by atoms with E-state index >= 15 is 0 Å². The monoisotopic (exact) mass is 338 g/mol. The largest absolute Gasteiger partial charge is 0.326 e. The van der Waals surface area contributed by atoms with E-state index in [0.29, 0.717) is 13.1 Å². The van der Waals surface area contributed by atoms with Crippen LogP contribution in [0.15, 0.2) is 10.2 Å². The van der Waals surface area contributed by atoms with Crippen LogP contribution in [0.4, 0.5) is 0 Å². The van der Waals surface area contributed by atoms with Crippen LogP contribution in [-0.4, -0.2) is 44.3 Å². The first-order valence-corrected chi connectivity index (χ1v) is 9.54. The smallest absolute Gasteiger partial charge is 0.0841 e. The zero-order chi connectivity index (χ0) is 17.9. The summed E-state index contributed by atoms with van der Waals surface area (Å²) >= 11 is 0. The molecule has 0 bridgehead atoms. The van der Waals surface area contributed by atoms with Crippen molar-refractivity contribution in [2.75, 3.05) is 39.8 Å². The van der Waals surface area contributed by atoms with Crippen LogP contribution in [0.3, 0.4) is 0 Å². The molecule has 7 nitrogen and oxygen atoms in total. The van der Waals surface area contributed by atoms with Crippen molar-refractivity contribution >= 4 is 0 Å². The molecule has 0 saturated carbocycles. The summed E-state index contributed by atoms with van der Waals surface area (Å²) in [7, 11) is 2.16. The Morgan fingerprint density at radius 2 is 1.08 bits per heavy atom. The second kappa shape index (κ2) is 16.4. The lowest BCUT2D eigenvalue weighted by molar-refractivity contribution is -0.907. The van der Waals surface area contributed by atoms with E-state index in [-0.39, 0.29) is 0 Å². The van der Waals surface area contributed by atoms with Crippen LogP contribution < -0.4 is 0 Å². The first kappa shape index (κ1) is 22.6. The van der Waals surface area contributed by atoms with Crippen LogP contribution in [0.1, 0.15) is 71.1 Å². The Hall–Kier alpha value is -1.42. The molecule has 0 aliphatic carbocycles. The fraction of sp³-hybridized carbons (Fsp3) is 1.00. The molecule has 138 valence electrons. The van der Waals surface area contributed by atoms with Gasteiger partial charge in [-0.3, -0.25) is 0 Å². The lowest BCUT2D eigenvalue weighted by Crippen LogP contribution is -2.48. The Labute approximate surface area is 147 Å². The average molecular weight is 339 g/mol. The number of unbranched alkanes of at least 4 members (excludes halogenated alkanes) is 9. The van der Waals surface area contributed by atoms with Gasteiger partial charge in [-0.15, -0.1) is 0 Å². The molecule has 0 amide bonds. The molecule has 0 aliphatic rings. The summed E-state index contributed by atoms with van der Waals surface area (Å²) in [6.07, 6.45) is 13.3. The van der Waals surface area contributed by atoms with E-state index in [9.17, 15) is 0 Å². The molecule has 0 unspecified atom stereocenters. The van der Waals surface area contributed by atoms with Gasteiger partial charge in [0.25, 0.3) is 0 Å². The Bertz CT molecular complexity index is 362. The summed E-state index contributed by atoms with van der Waals surface area (Å²) in [5, 5.41) is 7.29. The van der Waals surface area contributed by atoms with E-state index in [1.165, 1.54) is 64.2 Å². The molecule has 0 aromatic heterocycles. The summed E-state index contributed by atoms with van der Waals surface area (Å²) in [4.78, 5) is 5.65. The van der Waals surface area contributed by atoms with Crippen LogP contribution >= 0.6 is 0 Å². The molecule has 0 radical (unpaired) electrons. The highest BCUT2D eigenvalue weighted by atomic mass is 15.3. The number of hydrogen-bond acceptors (Lipinski definition) is 2. The van der Waals surface area contributed by atoms with E-state index in [1.807, 2.05) is 0 Å². The topological polar surface area (TPSA) is 97.5 Å². The maximum atomic E-state index is 8.43. The van der Waals surface area contributed by atoms with Crippen molar-refractivity contribution in [2.45, 2.75) is 71.1 Å². The summed E-state index contributed by atoms with van der Waals surface area (Å²) in [5.41, 5.74) is 16.9. The Balaban J connectivity index is 3.83. The van der Waals surface area contributed by atoms with E-state index in [4.69, 9.17) is 11.1 Å². The predicted octanol–water partition coefficient (Wildman–Crippen LogP) is 5.97. The minimum Gasteiger partial charge on any atom is -0.326 e. The second-order valence-electron chi connectivity index (χ2n) is 6.88. The van der Waals surface area contributed by atoms with Gasteiger partial charge in [-0.2, -0.15) is 0 Å². The zero-order valence-corrected chi connectivity index (χ0v) is 15.7. The average Bonchev–Trinajstić information content (AvgIpc) is 2.57. The fourth-order valence-electron chi connectivity index (χ4n) is 2.98. The molecule has 0 atom stereocenters. The first-order chi connectivity index (χ1) is 11.7. The van der Waals surface area contributed by atoms with Crippen LogP contribution in [0.25, 0.3) is 20.9 Å². The fourth-order valence-corrected chi connectivity index (χ4v) is 2.98. The minimum atomic E-state index is 0.501. The molecule has 0 aliphatic heterocycles. The van der Waals surface area contributed by atoms with E-state index in [0.717, 1.165) is 24.1 Å². The van der Waals surface area contributed by atoms with Gasteiger partial charge in [0, 0.05) is 9.82 Å². The van der Waals surface area contributed by atoms with Crippen LogP contribution in [0, 0.1) is 0 Å². The standard InChI is InChI=1S/C17H36N7/c1-3-4-5-6-7-8-9-10-11-12-15-24(2,16-13-20-22-18)17-14-21-23-19/h3-17H2,1-2H3/q+1. The molecule has 0 aromatic rings. The van der Waals surface area contributed by atoms with Gasteiger partial charge in [0.1, 0.15) is 0 Å². The molecule has 0 heterocycles. The molecular weight excluding hydrogens is 302 g/mol. The van der Waals surface area contributed by atoms with E-state index in [2.05, 4.69) is 34.0 Å². The second-order valence-corrected chi connectivity index (χ2v) is 6.88. The van der Waals surface area contributed by atoms with Gasteiger partial charge in [-0.05, 0) is 23.9 Å². The van der Waals surface area contributed by atoms with E-state index in [1.54, 1.807) is 0 Å². The molecule has 0 spiro atoms. The molecule has 24 heavy (non-hydrogen) atoms. The predicted molar refractivity (Wildman–Crippen MR) is 101 cm³/mol. The first-order valence-electron chi connectivity index (χ1n) is 9.54. The van der Waals surface area contributed by atoms with Crippen LogP contribution in [-0.2, 0) is 0 Å². The van der Waals surface area contributed by atoms with Crippen molar-refractivity contribution < 1.29 is 4.48 Å². The number of azide groups is 2. The lowest BCUT2D eigenvalue weighted by atomic mass is 10.1. The van der Waals surface area contributed by atoms with Gasteiger partial charge in [0.15, 0.2) is 0 Å². The summed E-state index contributed by atoms with van der Waals surface area (Å²) in [6.45, 7) is 5.93. The highest BCUT2D eigenvalue weighted by molar-refractivity contribution is 4.53. The molecule has 0 N–H and O–H groups in total. The third-order valence-electron chi connectivity index (χ3n) is 4.66. The number of nitrogens with zero attached hydrogens (tertiary/aromatic N) is 7. The van der Waals surface area contributed by atoms with Gasteiger partial charge < -0.3 is 4.48 Å². The van der Waals surface area contributed by atoms with Gasteiger partial charge in [-0.25, -0.2) is 0 Å². The summed E-state index contributed by atoms with van der Waals surface area (Å²) < 4.78 is 0.815. The van der Waals surface area contributed by atoms with E-state index < -0.39 is 0 Å². The quantitative estimate of drug-likeness (QED) is 0.103. The number of quaternary nitrogens is 1. The van der Waals surface area contributed by atoms with Gasteiger partial charge in [0.05, 0.1) is 39.8 Å². The van der Waals surface area contributed by atoms with Gasteiger partial charge in [-0.1, -0.05) is 68.5 Å². The van der Waals surface area contributed by atoms with Crippen molar-refractivity contribution in [3.63, 3.8) is 0 Å². The third-order valence-corrected chi connectivity index (χ3v) is 4.66. The lowest BCUT2D eigenvalue weighted by Gasteiger charge is -2.34. The van der Waals surface area contributed by atoms with Crippen LogP contribution in [0.5, 0.6) is 0 Å². The molecule has 0 rings (SSSR count). The van der Waals surface area contributed by atoms with Crippen LogP contribution in [0.2, 0.25) is 0 Å². The van der Waals surface area contributed by atoms with Crippen molar-refractivity contribution in [1.29, 1.82) is 0 Å². The minimum absolute atomic E-state index is 0.501. The van der Waals surface area contributed by atoms with Gasteiger partial charge >= 0.3 is 0 Å². The molecule has 0 fully saturated rings. The summed E-state index contributed by atoms with van der Waals surface area (Å²) in [5.74, 6) is 0. The maximum absolute atomic E-state index is 8.43.